The highest BCUT2D eigenvalue weighted by Crippen LogP contribution is 2.30. The fourth-order valence-electron chi connectivity index (χ4n) is 4.61. The van der Waals surface area contributed by atoms with Gasteiger partial charge in [0.2, 0.25) is 21.8 Å². The molecule has 3 aliphatic rings. The predicted molar refractivity (Wildman–Crippen MR) is 113 cm³/mol. The average Bonchev–Trinajstić information content (AvgIpc) is 3.38. The molecule has 1 unspecified atom stereocenters. The molecule has 30 heavy (non-hydrogen) atoms. The summed E-state index contributed by atoms with van der Waals surface area (Å²) in [7, 11) is -1.55. The zero-order chi connectivity index (χ0) is 21.3. The molecule has 1 atom stereocenters. The highest BCUT2D eigenvalue weighted by atomic mass is 32.2. The van der Waals surface area contributed by atoms with Crippen molar-refractivity contribution in [3.05, 3.63) is 24.3 Å². The molecule has 3 fully saturated rings. The van der Waals surface area contributed by atoms with Gasteiger partial charge in [0.05, 0.1) is 10.8 Å². The van der Waals surface area contributed by atoms with Crippen LogP contribution in [0.15, 0.2) is 29.2 Å². The van der Waals surface area contributed by atoms with Crippen molar-refractivity contribution in [3.63, 3.8) is 0 Å². The molecule has 8 nitrogen and oxygen atoms in total. The first-order valence-corrected chi connectivity index (χ1v) is 12.2. The number of likely N-dealkylation sites (tertiary alicyclic amines) is 1. The first-order chi connectivity index (χ1) is 14.3. The van der Waals surface area contributed by atoms with E-state index in [1.807, 2.05) is 11.9 Å². The normalized spacial score (nSPS) is 24.5. The van der Waals surface area contributed by atoms with Crippen molar-refractivity contribution in [2.24, 2.45) is 5.92 Å². The summed E-state index contributed by atoms with van der Waals surface area (Å²) in [6.07, 6.45) is 4.61. The maximum Gasteiger partial charge on any atom is 0.243 e. The Labute approximate surface area is 178 Å². The van der Waals surface area contributed by atoms with E-state index in [0.29, 0.717) is 38.4 Å². The Morgan fingerprint density at radius 1 is 1.03 bits per heavy atom. The molecule has 2 heterocycles. The van der Waals surface area contributed by atoms with Crippen LogP contribution in [0.3, 0.4) is 0 Å². The number of hydrogen-bond acceptors (Lipinski definition) is 5. The summed E-state index contributed by atoms with van der Waals surface area (Å²) in [5, 5.41) is 2.85. The van der Waals surface area contributed by atoms with Gasteiger partial charge in [0.1, 0.15) is 0 Å². The Morgan fingerprint density at radius 3 is 2.30 bits per heavy atom. The van der Waals surface area contributed by atoms with Crippen LogP contribution in [-0.2, 0) is 19.6 Å². The number of rotatable bonds is 5. The van der Waals surface area contributed by atoms with Crippen LogP contribution in [0, 0.1) is 5.92 Å². The molecule has 0 spiro atoms. The van der Waals surface area contributed by atoms with Gasteiger partial charge in [-0.05, 0) is 44.2 Å². The van der Waals surface area contributed by atoms with Gasteiger partial charge < -0.3 is 15.1 Å². The summed E-state index contributed by atoms with van der Waals surface area (Å²) < 4.78 is 27.1. The standard InChI is InChI=1S/C21H30N4O4S/c1-23-10-12-24(13-11-23)30(28,29)19-8-6-17(7-9-19)22-21(27)16-14-20(26)25(15-16)18-4-2-3-5-18/h6-9,16,18H,2-5,10-15H2,1H3,(H,22,27). The zero-order valence-electron chi connectivity index (χ0n) is 17.4. The van der Waals surface area contributed by atoms with E-state index in [1.165, 1.54) is 16.4 Å². The molecular formula is C21H30N4O4S. The van der Waals surface area contributed by atoms with Crippen molar-refractivity contribution in [2.45, 2.75) is 43.0 Å². The van der Waals surface area contributed by atoms with E-state index in [4.69, 9.17) is 0 Å². The monoisotopic (exact) mass is 434 g/mol. The van der Waals surface area contributed by atoms with E-state index < -0.39 is 10.0 Å². The SMILES string of the molecule is CN1CCN(S(=O)(=O)c2ccc(NC(=O)C3CC(=O)N(C4CCCC4)C3)cc2)CC1. The van der Waals surface area contributed by atoms with Crippen LogP contribution in [0.5, 0.6) is 0 Å². The van der Waals surface area contributed by atoms with Crippen molar-refractivity contribution >= 4 is 27.5 Å². The number of nitrogens with one attached hydrogen (secondary N) is 1. The number of sulfonamides is 1. The second-order valence-electron chi connectivity index (χ2n) is 8.61. The van der Waals surface area contributed by atoms with E-state index in [-0.39, 0.29) is 35.1 Å². The van der Waals surface area contributed by atoms with Crippen molar-refractivity contribution in [3.8, 4) is 0 Å². The number of amides is 2. The molecule has 1 saturated carbocycles. The van der Waals surface area contributed by atoms with Crippen LogP contribution < -0.4 is 5.32 Å². The van der Waals surface area contributed by atoms with E-state index in [1.54, 1.807) is 12.1 Å². The van der Waals surface area contributed by atoms with Crippen molar-refractivity contribution in [1.29, 1.82) is 0 Å². The summed E-state index contributed by atoms with van der Waals surface area (Å²) in [6, 6.07) is 6.59. The lowest BCUT2D eigenvalue weighted by Gasteiger charge is -2.31. The van der Waals surface area contributed by atoms with E-state index in [2.05, 4.69) is 10.2 Å². The number of piperazine rings is 1. The van der Waals surface area contributed by atoms with Crippen molar-refractivity contribution in [2.75, 3.05) is 45.1 Å². The molecule has 1 aromatic carbocycles. The van der Waals surface area contributed by atoms with Gasteiger partial charge in [-0.3, -0.25) is 9.59 Å². The number of carbonyl (C=O) groups is 2. The lowest BCUT2D eigenvalue weighted by molar-refractivity contribution is -0.129. The van der Waals surface area contributed by atoms with E-state index >= 15 is 0 Å². The molecule has 4 rings (SSSR count). The Balaban J connectivity index is 1.36. The van der Waals surface area contributed by atoms with Gasteiger partial charge in [-0.15, -0.1) is 0 Å². The summed E-state index contributed by atoms with van der Waals surface area (Å²) >= 11 is 0. The number of anilines is 1. The Kier molecular flexibility index (Phi) is 6.13. The fraction of sp³-hybridized carbons (Fsp3) is 0.619. The quantitative estimate of drug-likeness (QED) is 0.756. The molecule has 1 aromatic rings. The number of likely N-dealkylation sites (N-methyl/N-ethyl adjacent to an activating group) is 1. The number of carbonyl (C=O) groups excluding carboxylic acids is 2. The minimum Gasteiger partial charge on any atom is -0.339 e. The van der Waals surface area contributed by atoms with Gasteiger partial charge in [0.15, 0.2) is 0 Å². The van der Waals surface area contributed by atoms with Crippen molar-refractivity contribution in [1.82, 2.24) is 14.1 Å². The summed E-state index contributed by atoms with van der Waals surface area (Å²) in [5.41, 5.74) is 0.545. The molecule has 2 saturated heterocycles. The van der Waals surface area contributed by atoms with Crippen LogP contribution >= 0.6 is 0 Å². The third-order valence-corrected chi connectivity index (χ3v) is 8.43. The van der Waals surface area contributed by atoms with Crippen LogP contribution in [0.1, 0.15) is 32.1 Å². The average molecular weight is 435 g/mol. The Hall–Kier alpha value is -1.97. The first-order valence-electron chi connectivity index (χ1n) is 10.7. The molecule has 164 valence electrons. The molecule has 2 amide bonds. The molecule has 9 heteroatoms. The maximum atomic E-state index is 12.8. The van der Waals surface area contributed by atoms with Crippen molar-refractivity contribution < 1.29 is 18.0 Å². The zero-order valence-corrected chi connectivity index (χ0v) is 18.2. The second-order valence-corrected chi connectivity index (χ2v) is 10.5. The molecular weight excluding hydrogens is 404 g/mol. The van der Waals surface area contributed by atoms with Crippen LogP contribution in [0.2, 0.25) is 0 Å². The molecule has 1 N–H and O–H groups in total. The minimum absolute atomic E-state index is 0.0654. The Bertz CT molecular complexity index is 888. The highest BCUT2D eigenvalue weighted by Gasteiger charge is 2.38. The highest BCUT2D eigenvalue weighted by molar-refractivity contribution is 7.89. The van der Waals surface area contributed by atoms with Gasteiger partial charge in [0, 0.05) is 50.9 Å². The fourth-order valence-corrected chi connectivity index (χ4v) is 6.03. The first kappa shape index (κ1) is 21.3. The molecule has 0 radical (unpaired) electrons. The maximum absolute atomic E-state index is 12.8. The van der Waals surface area contributed by atoms with Gasteiger partial charge >= 0.3 is 0 Å². The molecule has 0 aromatic heterocycles. The lowest BCUT2D eigenvalue weighted by atomic mass is 10.1. The summed E-state index contributed by atoms with van der Waals surface area (Å²) in [6.45, 7) is 2.86. The van der Waals surface area contributed by atoms with Gasteiger partial charge in [-0.2, -0.15) is 4.31 Å². The summed E-state index contributed by atoms with van der Waals surface area (Å²) in [4.78, 5) is 29.2. The number of nitrogens with zero attached hydrogens (tertiary/aromatic N) is 3. The summed E-state index contributed by atoms with van der Waals surface area (Å²) in [5.74, 6) is -0.471. The second kappa shape index (κ2) is 8.64. The smallest absolute Gasteiger partial charge is 0.243 e. The van der Waals surface area contributed by atoms with Crippen LogP contribution in [-0.4, -0.2) is 80.2 Å². The minimum atomic E-state index is -3.53. The molecule has 2 aliphatic heterocycles. The predicted octanol–water partition coefficient (Wildman–Crippen LogP) is 1.35. The Morgan fingerprint density at radius 2 is 1.67 bits per heavy atom. The molecule has 0 bridgehead atoms. The third-order valence-electron chi connectivity index (χ3n) is 6.52. The largest absolute Gasteiger partial charge is 0.339 e. The van der Waals surface area contributed by atoms with E-state index in [0.717, 1.165) is 25.7 Å². The van der Waals surface area contributed by atoms with E-state index in [9.17, 15) is 18.0 Å². The van der Waals surface area contributed by atoms with Crippen LogP contribution in [0.25, 0.3) is 0 Å². The van der Waals surface area contributed by atoms with Gasteiger partial charge in [-0.25, -0.2) is 8.42 Å². The third kappa shape index (κ3) is 4.38. The number of benzene rings is 1. The lowest BCUT2D eigenvalue weighted by Crippen LogP contribution is -2.46. The van der Waals surface area contributed by atoms with Crippen LogP contribution in [0.4, 0.5) is 5.69 Å². The van der Waals surface area contributed by atoms with Gasteiger partial charge in [0.25, 0.3) is 0 Å². The molecule has 1 aliphatic carbocycles. The topological polar surface area (TPSA) is 90.0 Å². The number of hydrogen-bond donors (Lipinski definition) is 1. The van der Waals surface area contributed by atoms with Gasteiger partial charge in [-0.1, -0.05) is 12.8 Å².